The van der Waals surface area contributed by atoms with Crippen LogP contribution in [0, 0.1) is 5.92 Å². The molecule has 1 fully saturated rings. The molecule has 0 unspecified atom stereocenters. The second-order valence-corrected chi connectivity index (χ2v) is 13.2. The Balaban J connectivity index is 1.44. The summed E-state index contributed by atoms with van der Waals surface area (Å²) in [6.07, 6.45) is 0. The summed E-state index contributed by atoms with van der Waals surface area (Å²) in [4.78, 5) is 66.0. The lowest BCUT2D eigenvalue weighted by molar-refractivity contribution is -0.149. The van der Waals surface area contributed by atoms with E-state index in [4.69, 9.17) is 21.5 Å². The zero-order valence-electron chi connectivity index (χ0n) is 20.5. The summed E-state index contributed by atoms with van der Waals surface area (Å²) in [5.74, 6) is -5.17. The minimum Gasteiger partial charge on any atom is -0.483 e. The van der Waals surface area contributed by atoms with Crippen molar-refractivity contribution in [2.45, 2.75) is 21.1 Å². The molecule has 3 amide bonds. The number of H-pyrrole nitrogens is 1. The zero-order chi connectivity index (χ0) is 29.6. The number of hydrogen-bond acceptors (Lipinski definition) is 10. The lowest BCUT2D eigenvalue weighted by Crippen LogP contribution is -2.36. The number of likely N-dealkylation sites (tertiary alicyclic amines) is 1. The van der Waals surface area contributed by atoms with Crippen LogP contribution in [0.3, 0.4) is 0 Å². The average Bonchev–Trinajstić information content (AvgIpc) is 3.38. The highest BCUT2D eigenvalue weighted by Gasteiger charge is 2.56. The first kappa shape index (κ1) is 28.8. The summed E-state index contributed by atoms with van der Waals surface area (Å²) in [6, 6.07) is 9.65. The largest absolute Gasteiger partial charge is 0.483 e. The minimum absolute atomic E-state index is 0.130. The van der Waals surface area contributed by atoms with Crippen LogP contribution < -0.4 is 20.1 Å². The number of aliphatic carboxylic acids is 1. The van der Waals surface area contributed by atoms with Crippen molar-refractivity contribution in [1.29, 1.82) is 0 Å². The van der Waals surface area contributed by atoms with Crippen LogP contribution in [0.2, 0.25) is 5.02 Å². The van der Waals surface area contributed by atoms with Gasteiger partial charge in [0.1, 0.15) is 17.5 Å². The number of rotatable bonds is 8. The third kappa shape index (κ3) is 5.73. The number of anilines is 1. The summed E-state index contributed by atoms with van der Waals surface area (Å²) >= 11 is 8.12. The molecule has 2 aliphatic heterocycles. The Hall–Kier alpha value is -3.70. The standard InChI is InChI=1S/C24H19ClN4O9S3/c25-10-1-6-14(38-9-15(30)27-11-2-4-12(5-3-11)41(26,36)37)13(7-10)17-18-20(39-21-19(17)40-24(35)28-21)23(34)29(22(18)33)8-16(31)32/h1-7,17-18,20H,8-9H2,(H,27,30)(H,28,35)(H,31,32)(H2,26,36,37)/t17-,18+,20-/m0/s1. The van der Waals surface area contributed by atoms with Gasteiger partial charge in [0.15, 0.2) is 6.61 Å². The number of aromatic amines is 1. The quantitative estimate of drug-likeness (QED) is 0.261. The van der Waals surface area contributed by atoms with Crippen LogP contribution in [0.1, 0.15) is 16.4 Å². The van der Waals surface area contributed by atoms with Gasteiger partial charge in [-0.3, -0.25) is 28.9 Å². The Bertz CT molecular complexity index is 1750. The second kappa shape index (κ2) is 10.9. The molecular formula is C24H19ClN4O9S3. The van der Waals surface area contributed by atoms with E-state index >= 15 is 0 Å². The third-order valence-electron chi connectivity index (χ3n) is 6.34. The number of imide groups is 1. The van der Waals surface area contributed by atoms with Crippen molar-refractivity contribution >= 4 is 74.1 Å². The maximum atomic E-state index is 13.4. The van der Waals surface area contributed by atoms with Gasteiger partial charge in [-0.25, -0.2) is 13.6 Å². The fourth-order valence-electron chi connectivity index (χ4n) is 4.66. The van der Waals surface area contributed by atoms with E-state index in [1.165, 1.54) is 42.5 Å². The number of ether oxygens (including phenoxy) is 1. The van der Waals surface area contributed by atoms with Crippen molar-refractivity contribution in [1.82, 2.24) is 9.88 Å². The topological polar surface area (TPSA) is 206 Å². The van der Waals surface area contributed by atoms with E-state index in [9.17, 15) is 37.5 Å². The molecule has 13 nitrogen and oxygen atoms in total. The van der Waals surface area contributed by atoms with E-state index in [0.29, 0.717) is 20.4 Å². The first-order chi connectivity index (χ1) is 19.3. The van der Waals surface area contributed by atoms with E-state index in [-0.39, 0.29) is 21.4 Å². The smallest absolute Gasteiger partial charge is 0.323 e. The number of carboxylic acid groups (broad SMARTS) is 1. The van der Waals surface area contributed by atoms with Crippen molar-refractivity contribution in [3.8, 4) is 5.75 Å². The van der Waals surface area contributed by atoms with Crippen LogP contribution in [0.4, 0.5) is 5.69 Å². The molecule has 0 aliphatic carbocycles. The number of hydrogen-bond donors (Lipinski definition) is 4. The number of halogens is 1. The maximum absolute atomic E-state index is 13.4. The number of carbonyl (C=O) groups excluding carboxylic acids is 3. The molecule has 3 heterocycles. The molecule has 1 saturated heterocycles. The van der Waals surface area contributed by atoms with Crippen molar-refractivity contribution in [3.63, 3.8) is 0 Å². The molecule has 214 valence electrons. The lowest BCUT2D eigenvalue weighted by Gasteiger charge is -2.31. The number of nitrogens with two attached hydrogens (primary N) is 1. The first-order valence-electron chi connectivity index (χ1n) is 11.6. The molecule has 0 spiro atoms. The Kier molecular flexibility index (Phi) is 7.69. The Morgan fingerprint density at radius 3 is 2.49 bits per heavy atom. The Morgan fingerprint density at radius 1 is 1.12 bits per heavy atom. The van der Waals surface area contributed by atoms with Gasteiger partial charge in [0, 0.05) is 27.1 Å². The summed E-state index contributed by atoms with van der Waals surface area (Å²) in [6.45, 7) is -1.31. The van der Waals surface area contributed by atoms with Gasteiger partial charge < -0.3 is 20.1 Å². The van der Waals surface area contributed by atoms with Gasteiger partial charge in [0.05, 0.1) is 15.8 Å². The maximum Gasteiger partial charge on any atom is 0.323 e. The SMILES string of the molecule is NS(=O)(=O)c1ccc(NC(=O)COc2ccc(Cl)cc2[C@@H]2c3sc(=O)[nH]c3S[C@@H]3C(=O)N(CC(=O)O)C(=O)[C@H]23)cc1. The molecule has 3 aromatic rings. The number of carboxylic acids is 1. The number of benzene rings is 2. The predicted molar refractivity (Wildman–Crippen MR) is 148 cm³/mol. The van der Waals surface area contributed by atoms with E-state index in [2.05, 4.69) is 10.3 Å². The number of aromatic nitrogens is 1. The molecule has 17 heteroatoms. The number of nitrogens with zero attached hydrogens (tertiary/aromatic N) is 1. The number of thioether (sulfide) groups is 1. The fourth-order valence-corrected chi connectivity index (χ4v) is 7.89. The predicted octanol–water partition coefficient (Wildman–Crippen LogP) is 1.43. The van der Waals surface area contributed by atoms with Crippen LogP contribution in [-0.4, -0.2) is 65.5 Å². The van der Waals surface area contributed by atoms with Crippen LogP contribution >= 0.6 is 34.7 Å². The zero-order valence-corrected chi connectivity index (χ0v) is 23.7. The number of sulfonamides is 1. The number of carbonyl (C=O) groups is 4. The molecule has 5 N–H and O–H groups in total. The molecule has 5 rings (SSSR count). The molecule has 1 aromatic heterocycles. The van der Waals surface area contributed by atoms with Crippen LogP contribution in [0.5, 0.6) is 5.75 Å². The fraction of sp³-hybridized carbons (Fsp3) is 0.208. The monoisotopic (exact) mass is 638 g/mol. The molecule has 2 aliphatic rings. The Labute approximate surface area is 244 Å². The molecular weight excluding hydrogens is 620 g/mol. The Morgan fingerprint density at radius 2 is 1.83 bits per heavy atom. The van der Waals surface area contributed by atoms with E-state index in [0.717, 1.165) is 23.1 Å². The summed E-state index contributed by atoms with van der Waals surface area (Å²) in [5.41, 5.74) is 0.609. The molecule has 0 saturated carbocycles. The molecule has 3 atom stereocenters. The number of nitrogens with one attached hydrogen (secondary N) is 2. The second-order valence-electron chi connectivity index (χ2n) is 8.99. The van der Waals surface area contributed by atoms with Gasteiger partial charge in [-0.05, 0) is 42.5 Å². The van der Waals surface area contributed by atoms with Crippen molar-refractivity contribution in [3.05, 3.63) is 67.6 Å². The molecule has 2 aromatic carbocycles. The van der Waals surface area contributed by atoms with Gasteiger partial charge in [-0.1, -0.05) is 34.7 Å². The van der Waals surface area contributed by atoms with Gasteiger partial charge in [0.25, 0.3) is 5.91 Å². The summed E-state index contributed by atoms with van der Waals surface area (Å²) < 4.78 is 28.7. The van der Waals surface area contributed by atoms with Gasteiger partial charge in [-0.2, -0.15) is 0 Å². The third-order valence-corrected chi connectivity index (χ3v) is 9.91. The van der Waals surface area contributed by atoms with E-state index in [1.54, 1.807) is 0 Å². The average molecular weight is 639 g/mol. The molecule has 0 bridgehead atoms. The van der Waals surface area contributed by atoms with Gasteiger partial charge in [-0.15, -0.1) is 0 Å². The van der Waals surface area contributed by atoms with Crippen molar-refractivity contribution in [2.24, 2.45) is 11.1 Å². The van der Waals surface area contributed by atoms with E-state index < -0.39 is 68.8 Å². The van der Waals surface area contributed by atoms with Gasteiger partial charge in [0.2, 0.25) is 21.8 Å². The molecule has 0 radical (unpaired) electrons. The van der Waals surface area contributed by atoms with Crippen LogP contribution in [-0.2, 0) is 29.2 Å². The van der Waals surface area contributed by atoms with Crippen LogP contribution in [0.15, 0.2) is 57.2 Å². The van der Waals surface area contributed by atoms with E-state index in [1.807, 2.05) is 0 Å². The first-order valence-corrected chi connectivity index (χ1v) is 15.3. The summed E-state index contributed by atoms with van der Waals surface area (Å²) in [5, 5.41) is 16.5. The number of amides is 3. The van der Waals surface area contributed by atoms with Crippen molar-refractivity contribution < 1.29 is 37.4 Å². The van der Waals surface area contributed by atoms with Crippen molar-refractivity contribution in [2.75, 3.05) is 18.5 Å². The normalized spacial score (nSPS) is 20.0. The number of primary sulfonamides is 1. The minimum atomic E-state index is -3.90. The number of fused-ring (bicyclic) bond motifs is 2. The van der Waals surface area contributed by atoms with Crippen LogP contribution in [0.25, 0.3) is 0 Å². The summed E-state index contributed by atoms with van der Waals surface area (Å²) in [7, 11) is -3.90. The highest BCUT2D eigenvalue weighted by atomic mass is 35.5. The molecule has 41 heavy (non-hydrogen) atoms. The highest BCUT2D eigenvalue weighted by Crippen LogP contribution is 2.54. The lowest BCUT2D eigenvalue weighted by atomic mass is 9.82. The number of thiazole rings is 1. The van der Waals surface area contributed by atoms with Gasteiger partial charge >= 0.3 is 10.8 Å². The highest BCUT2D eigenvalue weighted by molar-refractivity contribution is 8.00.